The van der Waals surface area contributed by atoms with E-state index >= 15 is 0 Å². The van der Waals surface area contributed by atoms with Gasteiger partial charge in [-0.3, -0.25) is 4.79 Å². The molecule has 0 unspecified atom stereocenters. The minimum atomic E-state index is -5.01. The number of aromatic nitrogens is 3. The van der Waals surface area contributed by atoms with Crippen molar-refractivity contribution in [1.82, 2.24) is 14.2 Å². The first-order chi connectivity index (χ1) is 6.97. The Balaban J connectivity index is 0.00000128. The van der Waals surface area contributed by atoms with Crippen LogP contribution in [0.15, 0.2) is 29.5 Å². The minimum absolute atomic E-state index is 0. The van der Waals surface area contributed by atoms with Crippen molar-refractivity contribution in [2.45, 2.75) is 6.44 Å². The molecule has 4 nitrogen and oxygen atoms in total. The fraction of sp³-hybridized carbons (Fsp3) is 0.143. The smallest absolute Gasteiger partial charge is 0.448 e. The molecule has 2 aromatic heterocycles. The second kappa shape index (κ2) is 5.05. The molecule has 80 valence electrons. The van der Waals surface area contributed by atoms with Crippen LogP contribution in [0.2, 0.25) is 0 Å². The zero-order valence-corrected chi connectivity index (χ0v) is 11.6. The predicted molar refractivity (Wildman–Crippen MR) is 48.5 cm³/mol. The molecule has 0 aliphatic rings. The van der Waals surface area contributed by atoms with Crippen LogP contribution in [-0.4, -0.2) is 21.2 Å². The van der Waals surface area contributed by atoms with Gasteiger partial charge in [-0.15, -0.1) is 0 Å². The summed E-state index contributed by atoms with van der Waals surface area (Å²) in [5.41, 5.74) is -0.549. The summed E-state index contributed by atoms with van der Waals surface area (Å²) in [5, 5.41) is 3.74. The van der Waals surface area contributed by atoms with E-state index in [1.807, 2.05) is 0 Å². The van der Waals surface area contributed by atoms with E-state index < -0.39 is 19.0 Å². The maximum Gasteiger partial charge on any atom is 1.00 e. The van der Waals surface area contributed by atoms with Gasteiger partial charge in [-0.2, -0.15) is 5.10 Å². The first kappa shape index (κ1) is 14.0. The Labute approximate surface area is 131 Å². The first-order valence-electron chi connectivity index (χ1n) is 4.21. The molecule has 0 aliphatic carbocycles. The summed E-state index contributed by atoms with van der Waals surface area (Å²) in [7, 11) is 0. The molecule has 0 fully saturated rings. The molecule has 0 aliphatic heterocycles. The monoisotopic (exact) mass is 255 g/mol. The third-order valence-electron chi connectivity index (χ3n) is 1.94. The molecule has 9 heteroatoms. The molecule has 0 saturated carbocycles. The quantitative estimate of drug-likeness (QED) is 0.576. The van der Waals surface area contributed by atoms with Crippen molar-refractivity contribution < 1.29 is 64.3 Å². The van der Waals surface area contributed by atoms with E-state index in [2.05, 4.69) is 5.10 Å². The van der Waals surface area contributed by atoms with Crippen LogP contribution >= 0.6 is 0 Å². The van der Waals surface area contributed by atoms with Gasteiger partial charge in [0.05, 0.1) is 6.20 Å². The topological polar surface area (TPSA) is 39.3 Å². The second-order valence-electron chi connectivity index (χ2n) is 3.13. The zero-order chi connectivity index (χ0) is 11.1. The van der Waals surface area contributed by atoms with Gasteiger partial charge in [-0.05, 0) is 12.5 Å². The summed E-state index contributed by atoms with van der Waals surface area (Å²) in [6.07, 6.45) is 2.54. The molecule has 0 N–H and O–H groups in total. The summed E-state index contributed by atoms with van der Waals surface area (Å²) in [6.45, 7) is -5.01. The van der Waals surface area contributed by atoms with Crippen molar-refractivity contribution in [3.05, 3.63) is 35.0 Å². The van der Waals surface area contributed by atoms with Crippen LogP contribution in [0.5, 0.6) is 0 Å². The molecule has 2 aromatic rings. The molecule has 16 heavy (non-hydrogen) atoms. The fourth-order valence-electron chi connectivity index (χ4n) is 1.33. The van der Waals surface area contributed by atoms with Gasteiger partial charge in [-0.25, -0.2) is 4.52 Å². The van der Waals surface area contributed by atoms with Crippen LogP contribution in [0.3, 0.4) is 0 Å². The molecular formula is C7H6BF3KN3O. The summed E-state index contributed by atoms with van der Waals surface area (Å²) < 4.78 is 38.3. The Morgan fingerprint density at radius 3 is 2.62 bits per heavy atom. The molecule has 0 spiro atoms. The van der Waals surface area contributed by atoms with E-state index in [4.69, 9.17) is 0 Å². The molecule has 0 bridgehead atoms. The Morgan fingerprint density at radius 1 is 1.31 bits per heavy atom. The Kier molecular flexibility index (Phi) is 4.41. The molecule has 0 amide bonds. The van der Waals surface area contributed by atoms with Crippen LogP contribution in [0.4, 0.5) is 12.9 Å². The normalized spacial score (nSPS) is 11.4. The zero-order valence-electron chi connectivity index (χ0n) is 8.48. The van der Waals surface area contributed by atoms with Crippen LogP contribution in [-0.2, 0) is 6.44 Å². The number of rotatable bonds is 2. The van der Waals surface area contributed by atoms with Crippen LogP contribution in [0.25, 0.3) is 5.52 Å². The van der Waals surface area contributed by atoms with E-state index in [-0.39, 0.29) is 56.9 Å². The largest absolute Gasteiger partial charge is 1.00 e. The Morgan fingerprint density at radius 2 is 2.00 bits per heavy atom. The Bertz CT molecular complexity index is 550. The SMILES string of the molecule is O=c1c2ccnn2ccn1C[B-](F)(F)F.[K+]. The van der Waals surface area contributed by atoms with Crippen molar-refractivity contribution >= 4 is 12.5 Å². The van der Waals surface area contributed by atoms with Crippen molar-refractivity contribution in [1.29, 1.82) is 0 Å². The molecule has 0 aromatic carbocycles. The predicted octanol–water partition coefficient (Wildman–Crippen LogP) is -2.11. The van der Waals surface area contributed by atoms with Gasteiger partial charge in [0.15, 0.2) is 0 Å². The number of halogens is 3. The average Bonchev–Trinajstić information content (AvgIpc) is 2.56. The molecule has 0 saturated heterocycles. The summed E-state index contributed by atoms with van der Waals surface area (Å²) >= 11 is 0. The third-order valence-corrected chi connectivity index (χ3v) is 1.94. The van der Waals surface area contributed by atoms with Crippen molar-refractivity contribution in [2.75, 3.05) is 0 Å². The summed E-state index contributed by atoms with van der Waals surface area (Å²) in [5.74, 6) is 0. The fourth-order valence-corrected chi connectivity index (χ4v) is 1.33. The van der Waals surface area contributed by atoms with Crippen molar-refractivity contribution in [3.63, 3.8) is 0 Å². The molecule has 0 radical (unpaired) electrons. The Hall–Kier alpha value is -0.0887. The van der Waals surface area contributed by atoms with Crippen molar-refractivity contribution in [2.24, 2.45) is 0 Å². The molecule has 2 heterocycles. The number of fused-ring (bicyclic) bond motifs is 1. The van der Waals surface area contributed by atoms with E-state index in [0.29, 0.717) is 4.57 Å². The number of nitrogens with zero attached hydrogens (tertiary/aromatic N) is 3. The number of hydrogen-bond donors (Lipinski definition) is 0. The maximum absolute atomic E-state index is 12.1. The molecular weight excluding hydrogens is 249 g/mol. The van der Waals surface area contributed by atoms with Gasteiger partial charge in [0, 0.05) is 12.4 Å². The first-order valence-corrected chi connectivity index (χ1v) is 4.21. The van der Waals surface area contributed by atoms with Crippen LogP contribution in [0, 0.1) is 0 Å². The van der Waals surface area contributed by atoms with E-state index in [1.54, 1.807) is 0 Å². The molecule has 2 rings (SSSR count). The average molecular weight is 255 g/mol. The minimum Gasteiger partial charge on any atom is -0.448 e. The van der Waals surface area contributed by atoms with Gasteiger partial charge in [-0.1, -0.05) is 0 Å². The van der Waals surface area contributed by atoms with Gasteiger partial charge in [0.25, 0.3) is 5.56 Å². The van der Waals surface area contributed by atoms with Crippen LogP contribution in [0.1, 0.15) is 0 Å². The van der Waals surface area contributed by atoms with Gasteiger partial charge < -0.3 is 17.5 Å². The van der Waals surface area contributed by atoms with E-state index in [1.165, 1.54) is 23.0 Å². The number of hydrogen-bond acceptors (Lipinski definition) is 2. The van der Waals surface area contributed by atoms with E-state index in [0.717, 1.165) is 6.20 Å². The maximum atomic E-state index is 12.1. The molecule has 0 atom stereocenters. The van der Waals surface area contributed by atoms with E-state index in [9.17, 15) is 17.7 Å². The van der Waals surface area contributed by atoms with Crippen LogP contribution < -0.4 is 56.9 Å². The van der Waals surface area contributed by atoms with Crippen molar-refractivity contribution in [3.8, 4) is 0 Å². The van der Waals surface area contributed by atoms with Gasteiger partial charge >= 0.3 is 58.4 Å². The second-order valence-corrected chi connectivity index (χ2v) is 3.13. The van der Waals surface area contributed by atoms with Gasteiger partial charge in [0.2, 0.25) is 0 Å². The van der Waals surface area contributed by atoms with Gasteiger partial charge in [0.1, 0.15) is 5.52 Å². The third kappa shape index (κ3) is 2.98. The summed E-state index contributed by atoms with van der Waals surface area (Å²) in [4.78, 5) is 11.5. The standard InChI is InChI=1S/C7H6BF3N3O.K/c9-8(10,11)5-13-3-4-14-6(7(13)15)1-2-12-14;/h1-4H,5H2;/q-1;+1. The summed E-state index contributed by atoms with van der Waals surface area (Å²) in [6, 6.07) is 1.38.